The van der Waals surface area contributed by atoms with Crippen molar-refractivity contribution in [2.45, 2.75) is 25.1 Å². The highest BCUT2D eigenvalue weighted by molar-refractivity contribution is 6.32. The lowest BCUT2D eigenvalue weighted by Gasteiger charge is -2.26. The monoisotopic (exact) mass is 279 g/mol. The summed E-state index contributed by atoms with van der Waals surface area (Å²) in [6.45, 7) is 1.41. The number of rotatable bonds is 2. The van der Waals surface area contributed by atoms with E-state index >= 15 is 0 Å². The van der Waals surface area contributed by atoms with Crippen LogP contribution in [-0.2, 0) is 6.18 Å². The minimum absolute atomic E-state index is 0.00426. The Morgan fingerprint density at radius 2 is 2.11 bits per heavy atom. The minimum atomic E-state index is -4.46. The van der Waals surface area contributed by atoms with Crippen LogP contribution in [0, 0.1) is 0 Å². The van der Waals surface area contributed by atoms with Crippen LogP contribution < -0.4 is 10.1 Å². The summed E-state index contributed by atoms with van der Waals surface area (Å²) in [6, 6.07) is 3.66. The molecule has 1 fully saturated rings. The van der Waals surface area contributed by atoms with Gasteiger partial charge < -0.3 is 10.1 Å². The summed E-state index contributed by atoms with van der Waals surface area (Å²) in [5.74, 6) is -0.264. The molecule has 18 heavy (non-hydrogen) atoms. The molecule has 1 unspecified atom stereocenters. The van der Waals surface area contributed by atoms with Crippen molar-refractivity contribution in [3.8, 4) is 5.75 Å². The fourth-order valence-corrected chi connectivity index (χ4v) is 2.16. The van der Waals surface area contributed by atoms with Gasteiger partial charge in [-0.1, -0.05) is 17.7 Å². The molecule has 1 N–H and O–H groups in total. The second-order valence-electron chi connectivity index (χ2n) is 4.20. The molecule has 1 heterocycles. The number of hydrogen-bond donors (Lipinski definition) is 1. The molecule has 2 nitrogen and oxygen atoms in total. The molecule has 1 aliphatic heterocycles. The molecule has 0 spiro atoms. The van der Waals surface area contributed by atoms with Crippen molar-refractivity contribution in [3.05, 3.63) is 28.8 Å². The van der Waals surface area contributed by atoms with Gasteiger partial charge in [0.05, 0.1) is 10.6 Å². The number of hydrogen-bond acceptors (Lipinski definition) is 2. The Labute approximate surface area is 108 Å². The van der Waals surface area contributed by atoms with Crippen molar-refractivity contribution < 1.29 is 17.9 Å². The molecule has 1 aromatic rings. The first kappa shape index (κ1) is 13.5. The van der Waals surface area contributed by atoms with Crippen molar-refractivity contribution in [1.29, 1.82) is 0 Å². The molecule has 1 atom stereocenters. The van der Waals surface area contributed by atoms with Gasteiger partial charge in [-0.25, -0.2) is 0 Å². The Hall–Kier alpha value is -0.940. The van der Waals surface area contributed by atoms with E-state index in [1.807, 2.05) is 0 Å². The molecule has 0 aliphatic carbocycles. The first-order valence-electron chi connectivity index (χ1n) is 5.71. The van der Waals surface area contributed by atoms with Crippen molar-refractivity contribution in [1.82, 2.24) is 5.32 Å². The van der Waals surface area contributed by atoms with Gasteiger partial charge in [0.15, 0.2) is 5.75 Å². The molecule has 1 saturated heterocycles. The van der Waals surface area contributed by atoms with E-state index in [0.29, 0.717) is 6.54 Å². The maximum Gasteiger partial charge on any atom is 0.420 e. The summed E-state index contributed by atoms with van der Waals surface area (Å²) >= 11 is 5.81. The Kier molecular flexibility index (Phi) is 4.02. The molecule has 100 valence electrons. The maximum atomic E-state index is 12.8. The number of benzene rings is 1. The van der Waals surface area contributed by atoms with E-state index in [9.17, 15) is 13.2 Å². The van der Waals surface area contributed by atoms with E-state index in [0.717, 1.165) is 25.5 Å². The van der Waals surface area contributed by atoms with Crippen LogP contribution in [0.15, 0.2) is 18.2 Å². The highest BCUT2D eigenvalue weighted by Gasteiger charge is 2.36. The van der Waals surface area contributed by atoms with Crippen LogP contribution >= 0.6 is 11.6 Å². The topological polar surface area (TPSA) is 21.3 Å². The molecule has 6 heteroatoms. The normalized spacial score (nSPS) is 20.8. The van der Waals surface area contributed by atoms with Crippen molar-refractivity contribution >= 4 is 11.6 Å². The molecule has 0 bridgehead atoms. The van der Waals surface area contributed by atoms with E-state index < -0.39 is 11.7 Å². The third kappa shape index (κ3) is 3.09. The summed E-state index contributed by atoms with van der Waals surface area (Å²) < 4.78 is 43.9. The minimum Gasteiger partial charge on any atom is -0.487 e. The van der Waals surface area contributed by atoms with Gasteiger partial charge >= 0.3 is 6.18 Å². The molecule has 0 saturated carbocycles. The van der Waals surface area contributed by atoms with Crippen molar-refractivity contribution in [2.24, 2.45) is 0 Å². The van der Waals surface area contributed by atoms with Gasteiger partial charge in [-0.15, -0.1) is 0 Å². The number of para-hydroxylation sites is 1. The van der Waals surface area contributed by atoms with Crippen molar-refractivity contribution in [2.75, 3.05) is 13.1 Å². The van der Waals surface area contributed by atoms with Crippen LogP contribution in [0.3, 0.4) is 0 Å². The lowest BCUT2D eigenvalue weighted by Crippen LogP contribution is -2.37. The molecular formula is C12H13ClF3NO. The Bertz CT molecular complexity index is 416. The van der Waals surface area contributed by atoms with Crippen LogP contribution in [-0.4, -0.2) is 19.2 Å². The van der Waals surface area contributed by atoms with Crippen LogP contribution in [0.1, 0.15) is 18.4 Å². The molecule has 0 amide bonds. The quantitative estimate of drug-likeness (QED) is 0.895. The van der Waals surface area contributed by atoms with Crippen LogP contribution in [0.25, 0.3) is 0 Å². The lowest BCUT2D eigenvalue weighted by molar-refractivity contribution is -0.139. The first-order valence-corrected chi connectivity index (χ1v) is 6.09. The Morgan fingerprint density at radius 1 is 1.33 bits per heavy atom. The standard InChI is InChI=1S/C12H13ClF3NO/c13-10-5-1-4-9(12(14,15)16)11(10)18-8-3-2-6-17-7-8/h1,4-5,8,17H,2-3,6-7H2. The second kappa shape index (κ2) is 5.36. The zero-order chi connectivity index (χ0) is 13.2. The molecule has 2 rings (SSSR count). The van der Waals surface area contributed by atoms with Gasteiger partial charge in [0.1, 0.15) is 6.10 Å². The summed E-state index contributed by atoms with van der Waals surface area (Å²) in [4.78, 5) is 0. The van der Waals surface area contributed by atoms with E-state index in [-0.39, 0.29) is 16.9 Å². The first-order chi connectivity index (χ1) is 8.48. The van der Waals surface area contributed by atoms with E-state index in [1.165, 1.54) is 12.1 Å². The van der Waals surface area contributed by atoms with Crippen LogP contribution in [0.2, 0.25) is 5.02 Å². The summed E-state index contributed by atoms with van der Waals surface area (Å²) in [5.41, 5.74) is -0.819. The number of ether oxygens (including phenoxy) is 1. The number of alkyl halides is 3. The van der Waals surface area contributed by atoms with E-state index in [1.54, 1.807) is 0 Å². The second-order valence-corrected chi connectivity index (χ2v) is 4.61. The van der Waals surface area contributed by atoms with Gasteiger partial charge in [0.2, 0.25) is 0 Å². The Balaban J connectivity index is 2.25. The number of nitrogens with one attached hydrogen (secondary N) is 1. The summed E-state index contributed by atoms with van der Waals surface area (Å²) in [6.07, 6.45) is -3.10. The van der Waals surface area contributed by atoms with Gasteiger partial charge in [-0.2, -0.15) is 13.2 Å². The fourth-order valence-electron chi connectivity index (χ4n) is 1.94. The molecule has 1 aromatic carbocycles. The lowest BCUT2D eigenvalue weighted by atomic mass is 10.1. The fraction of sp³-hybridized carbons (Fsp3) is 0.500. The average molecular weight is 280 g/mol. The number of halogens is 4. The molecule has 1 aliphatic rings. The zero-order valence-electron chi connectivity index (χ0n) is 9.56. The predicted octanol–water partition coefficient (Wildman–Crippen LogP) is 3.49. The predicted molar refractivity (Wildman–Crippen MR) is 63.0 cm³/mol. The van der Waals surface area contributed by atoms with Gasteiger partial charge in [-0.3, -0.25) is 0 Å². The maximum absolute atomic E-state index is 12.8. The highest BCUT2D eigenvalue weighted by Crippen LogP contribution is 2.40. The largest absolute Gasteiger partial charge is 0.487 e. The SMILES string of the molecule is FC(F)(F)c1cccc(Cl)c1OC1CCCNC1. The van der Waals surface area contributed by atoms with Crippen molar-refractivity contribution in [3.63, 3.8) is 0 Å². The summed E-state index contributed by atoms with van der Waals surface area (Å²) in [5, 5.41) is 3.08. The van der Waals surface area contributed by atoms with E-state index in [2.05, 4.69) is 5.32 Å². The summed E-state index contributed by atoms with van der Waals surface area (Å²) in [7, 11) is 0. The number of piperidine rings is 1. The van der Waals surface area contributed by atoms with Gasteiger partial charge in [0, 0.05) is 6.54 Å². The molecule has 0 radical (unpaired) electrons. The van der Waals surface area contributed by atoms with E-state index in [4.69, 9.17) is 16.3 Å². The van der Waals surface area contributed by atoms with Crippen LogP contribution in [0.4, 0.5) is 13.2 Å². The molecule has 0 aromatic heterocycles. The Morgan fingerprint density at radius 3 is 2.72 bits per heavy atom. The third-order valence-electron chi connectivity index (χ3n) is 2.81. The van der Waals surface area contributed by atoms with Crippen LogP contribution in [0.5, 0.6) is 5.75 Å². The van der Waals surface area contributed by atoms with Gasteiger partial charge in [0.25, 0.3) is 0 Å². The van der Waals surface area contributed by atoms with Gasteiger partial charge in [-0.05, 0) is 31.5 Å². The average Bonchev–Trinajstić information content (AvgIpc) is 2.32. The zero-order valence-corrected chi connectivity index (χ0v) is 10.3. The highest BCUT2D eigenvalue weighted by atomic mass is 35.5. The smallest absolute Gasteiger partial charge is 0.420 e. The molecular weight excluding hydrogens is 267 g/mol. The third-order valence-corrected chi connectivity index (χ3v) is 3.11.